The number of aromatic nitrogens is 2. The molecule has 30 heavy (non-hydrogen) atoms. The summed E-state index contributed by atoms with van der Waals surface area (Å²) in [6, 6.07) is 8.31. The zero-order valence-corrected chi connectivity index (χ0v) is 18.0. The topological polar surface area (TPSA) is 94.6 Å². The SMILES string of the molecule is COc1ccc(CNc2nc(NC3(CO)CCCC3)nc3c2NCN3C(C)C)cc1. The molecular weight excluding hydrogens is 380 g/mol. The molecule has 0 saturated heterocycles. The lowest BCUT2D eigenvalue weighted by atomic mass is 9.99. The Morgan fingerprint density at radius 3 is 2.57 bits per heavy atom. The molecule has 1 aliphatic carbocycles. The highest BCUT2D eigenvalue weighted by molar-refractivity contribution is 5.83. The number of aliphatic hydroxyl groups excluding tert-OH is 1. The molecule has 0 unspecified atom stereocenters. The summed E-state index contributed by atoms with van der Waals surface area (Å²) in [4.78, 5) is 11.8. The van der Waals surface area contributed by atoms with Crippen molar-refractivity contribution in [2.75, 3.05) is 41.2 Å². The fourth-order valence-electron chi connectivity index (χ4n) is 4.21. The Morgan fingerprint density at radius 1 is 1.20 bits per heavy atom. The van der Waals surface area contributed by atoms with Crippen molar-refractivity contribution in [2.24, 2.45) is 0 Å². The Labute approximate surface area is 178 Å². The highest BCUT2D eigenvalue weighted by Gasteiger charge is 2.35. The molecule has 8 nitrogen and oxygen atoms in total. The van der Waals surface area contributed by atoms with Gasteiger partial charge in [0.05, 0.1) is 25.9 Å². The molecule has 2 heterocycles. The average Bonchev–Trinajstić information content (AvgIpc) is 3.40. The molecule has 4 N–H and O–H groups in total. The lowest BCUT2D eigenvalue weighted by molar-refractivity contribution is 0.213. The van der Waals surface area contributed by atoms with Crippen molar-refractivity contribution < 1.29 is 9.84 Å². The van der Waals surface area contributed by atoms with Crippen molar-refractivity contribution in [3.8, 4) is 5.75 Å². The summed E-state index contributed by atoms with van der Waals surface area (Å²) >= 11 is 0. The number of fused-ring (bicyclic) bond motifs is 1. The van der Waals surface area contributed by atoms with Crippen molar-refractivity contribution in [2.45, 2.75) is 57.7 Å². The van der Waals surface area contributed by atoms with Gasteiger partial charge in [-0.15, -0.1) is 0 Å². The second kappa shape index (κ2) is 8.55. The van der Waals surface area contributed by atoms with Crippen molar-refractivity contribution in [1.82, 2.24) is 9.97 Å². The van der Waals surface area contributed by atoms with Gasteiger partial charge in [-0.25, -0.2) is 0 Å². The number of nitrogens with one attached hydrogen (secondary N) is 3. The minimum atomic E-state index is -0.323. The smallest absolute Gasteiger partial charge is 0.227 e. The Bertz CT molecular complexity index is 865. The third-order valence-electron chi connectivity index (χ3n) is 6.07. The van der Waals surface area contributed by atoms with Crippen LogP contribution < -0.4 is 25.6 Å². The quantitative estimate of drug-likeness (QED) is 0.524. The van der Waals surface area contributed by atoms with Crippen molar-refractivity contribution in [1.29, 1.82) is 0 Å². The second-order valence-corrected chi connectivity index (χ2v) is 8.47. The molecule has 0 amide bonds. The maximum Gasteiger partial charge on any atom is 0.227 e. The van der Waals surface area contributed by atoms with E-state index in [4.69, 9.17) is 14.7 Å². The predicted molar refractivity (Wildman–Crippen MR) is 120 cm³/mol. The van der Waals surface area contributed by atoms with Gasteiger partial charge in [-0.1, -0.05) is 25.0 Å². The Morgan fingerprint density at radius 2 is 1.93 bits per heavy atom. The zero-order valence-electron chi connectivity index (χ0n) is 18.0. The van der Waals surface area contributed by atoms with Crippen LogP contribution >= 0.6 is 0 Å². The van der Waals surface area contributed by atoms with Gasteiger partial charge in [-0.2, -0.15) is 9.97 Å². The number of ether oxygens (including phenoxy) is 1. The highest BCUT2D eigenvalue weighted by Crippen LogP contribution is 2.39. The van der Waals surface area contributed by atoms with E-state index in [2.05, 4.69) is 34.7 Å². The highest BCUT2D eigenvalue weighted by atomic mass is 16.5. The van der Waals surface area contributed by atoms with Crippen LogP contribution in [0.1, 0.15) is 45.1 Å². The Kier molecular flexibility index (Phi) is 5.85. The maximum atomic E-state index is 10.0. The summed E-state index contributed by atoms with van der Waals surface area (Å²) < 4.78 is 5.24. The molecule has 4 rings (SSSR count). The lowest BCUT2D eigenvalue weighted by Crippen LogP contribution is -2.40. The molecule has 1 saturated carbocycles. The van der Waals surface area contributed by atoms with Crippen LogP contribution in [0.25, 0.3) is 0 Å². The first-order valence-electron chi connectivity index (χ1n) is 10.7. The van der Waals surface area contributed by atoms with Crippen LogP contribution in [-0.2, 0) is 6.54 Å². The Hall–Kier alpha value is -2.74. The van der Waals surface area contributed by atoms with Crippen molar-refractivity contribution >= 4 is 23.3 Å². The fraction of sp³-hybridized carbons (Fsp3) is 0.545. The van der Waals surface area contributed by atoms with Crippen LogP contribution in [0.2, 0.25) is 0 Å². The summed E-state index contributed by atoms with van der Waals surface area (Å²) in [7, 11) is 1.67. The first-order valence-corrected chi connectivity index (χ1v) is 10.7. The van der Waals surface area contributed by atoms with Crippen molar-refractivity contribution in [3.05, 3.63) is 29.8 Å². The number of nitrogens with zero attached hydrogens (tertiary/aromatic N) is 3. The van der Waals surface area contributed by atoms with E-state index in [1.54, 1.807) is 7.11 Å². The molecule has 1 aliphatic heterocycles. The molecule has 8 heteroatoms. The van der Waals surface area contributed by atoms with E-state index in [9.17, 15) is 5.11 Å². The molecule has 0 bridgehead atoms. The first-order chi connectivity index (χ1) is 14.5. The third kappa shape index (κ3) is 4.09. The molecule has 1 fully saturated rings. The van der Waals surface area contributed by atoms with Gasteiger partial charge in [0.15, 0.2) is 11.6 Å². The van der Waals surface area contributed by atoms with Gasteiger partial charge >= 0.3 is 0 Å². The lowest BCUT2D eigenvalue weighted by Gasteiger charge is -2.29. The van der Waals surface area contributed by atoms with Gasteiger partial charge in [0.25, 0.3) is 0 Å². The van der Waals surface area contributed by atoms with Gasteiger partial charge in [0, 0.05) is 12.6 Å². The summed E-state index contributed by atoms with van der Waals surface area (Å²) in [5.74, 6) is 3.07. The number of benzene rings is 1. The maximum absolute atomic E-state index is 10.0. The van der Waals surface area contributed by atoms with E-state index in [0.29, 0.717) is 25.2 Å². The molecule has 2 aromatic rings. The molecule has 1 aromatic heterocycles. The van der Waals surface area contributed by atoms with Crippen LogP contribution in [0.15, 0.2) is 24.3 Å². The fourth-order valence-corrected chi connectivity index (χ4v) is 4.21. The monoisotopic (exact) mass is 412 g/mol. The standard InChI is InChI=1S/C22H32N6O2/c1-15(2)28-14-24-18-19(23-12-16-6-8-17(30-3)9-7-16)25-21(26-20(18)28)27-22(13-29)10-4-5-11-22/h6-9,15,24,29H,4-5,10-14H2,1-3H3,(H2,23,25,26,27). The number of hydrogen-bond donors (Lipinski definition) is 4. The van der Waals surface area contributed by atoms with E-state index < -0.39 is 0 Å². The minimum absolute atomic E-state index is 0.0915. The van der Waals surface area contributed by atoms with E-state index in [-0.39, 0.29) is 12.1 Å². The number of aliphatic hydroxyl groups is 1. The summed E-state index contributed by atoms with van der Waals surface area (Å²) in [5.41, 5.74) is 1.74. The molecule has 1 aromatic carbocycles. The second-order valence-electron chi connectivity index (χ2n) is 8.47. The average molecular weight is 413 g/mol. The summed E-state index contributed by atoms with van der Waals surface area (Å²) in [6.07, 6.45) is 4.09. The van der Waals surface area contributed by atoms with E-state index in [0.717, 1.165) is 54.3 Å². The van der Waals surface area contributed by atoms with E-state index in [1.807, 2.05) is 24.3 Å². The number of rotatable bonds is 8. The molecular formula is C22H32N6O2. The summed E-state index contributed by atoms with van der Waals surface area (Å²) in [5, 5.41) is 20.4. The van der Waals surface area contributed by atoms with E-state index >= 15 is 0 Å². The van der Waals surface area contributed by atoms with Crippen LogP contribution in [0.3, 0.4) is 0 Å². The van der Waals surface area contributed by atoms with Gasteiger partial charge in [0.2, 0.25) is 5.95 Å². The first kappa shape index (κ1) is 20.5. The molecule has 0 radical (unpaired) electrons. The van der Waals surface area contributed by atoms with Crippen LogP contribution in [0.5, 0.6) is 5.75 Å². The van der Waals surface area contributed by atoms with Crippen LogP contribution in [-0.4, -0.2) is 47.0 Å². The zero-order chi connectivity index (χ0) is 21.1. The van der Waals surface area contributed by atoms with Crippen LogP contribution in [0, 0.1) is 0 Å². The van der Waals surface area contributed by atoms with Gasteiger partial charge in [-0.05, 0) is 44.4 Å². The van der Waals surface area contributed by atoms with Crippen molar-refractivity contribution in [3.63, 3.8) is 0 Å². The Balaban J connectivity index is 1.61. The molecule has 0 atom stereocenters. The minimum Gasteiger partial charge on any atom is -0.497 e. The van der Waals surface area contributed by atoms with Gasteiger partial charge < -0.3 is 30.7 Å². The largest absolute Gasteiger partial charge is 0.497 e. The molecule has 2 aliphatic rings. The predicted octanol–water partition coefficient (Wildman–Crippen LogP) is 3.41. The number of methoxy groups -OCH3 is 1. The number of hydrogen-bond acceptors (Lipinski definition) is 8. The van der Waals surface area contributed by atoms with Crippen LogP contribution in [0.4, 0.5) is 23.3 Å². The molecule has 0 spiro atoms. The van der Waals surface area contributed by atoms with E-state index in [1.165, 1.54) is 0 Å². The van der Waals surface area contributed by atoms with Gasteiger partial charge in [-0.3, -0.25) is 0 Å². The van der Waals surface area contributed by atoms with Gasteiger partial charge in [0.1, 0.15) is 11.4 Å². The molecule has 162 valence electrons. The third-order valence-corrected chi connectivity index (χ3v) is 6.07. The summed E-state index contributed by atoms with van der Waals surface area (Å²) in [6.45, 7) is 5.74. The normalized spacial score (nSPS) is 17.0. The number of anilines is 4.